The molecule has 0 spiro atoms. The van der Waals surface area contributed by atoms with Crippen molar-refractivity contribution in [3.63, 3.8) is 0 Å². The fourth-order valence-electron chi connectivity index (χ4n) is 1.80. The molecule has 0 unspecified atom stereocenters. The predicted octanol–water partition coefficient (Wildman–Crippen LogP) is 1.55. The van der Waals surface area contributed by atoms with Crippen LogP contribution in [-0.2, 0) is 0 Å². The summed E-state index contributed by atoms with van der Waals surface area (Å²) in [4.78, 5) is 2.03. The number of rotatable bonds is 2. The minimum Gasteiger partial charge on any atom is -0.325 e. The molecule has 78 valence electrons. The van der Waals surface area contributed by atoms with E-state index in [1.54, 1.807) is 6.07 Å². The van der Waals surface area contributed by atoms with E-state index in [9.17, 15) is 0 Å². The molecule has 0 saturated carbocycles. The Kier molecular flexibility index (Phi) is 2.92. The third-order valence-electron chi connectivity index (χ3n) is 2.63. The van der Waals surface area contributed by atoms with E-state index in [1.807, 2.05) is 23.1 Å². The second-order valence-electron chi connectivity index (χ2n) is 3.77. The lowest BCUT2D eigenvalue weighted by Gasteiger charge is -2.40. The van der Waals surface area contributed by atoms with Crippen LogP contribution in [-0.4, -0.2) is 24.0 Å². The molecule has 1 aliphatic rings. The molecular weight excluding hydrogens is 210 g/mol. The van der Waals surface area contributed by atoms with Crippen molar-refractivity contribution in [3.05, 3.63) is 34.9 Å². The van der Waals surface area contributed by atoms with E-state index < -0.39 is 0 Å². The summed E-state index contributed by atoms with van der Waals surface area (Å²) in [6, 6.07) is 9.65. The van der Waals surface area contributed by atoms with Crippen LogP contribution >= 0.6 is 11.6 Å². The second kappa shape index (κ2) is 4.19. The molecule has 4 heteroatoms. The quantitative estimate of drug-likeness (QED) is 0.825. The summed E-state index contributed by atoms with van der Waals surface area (Å²) in [6.45, 7) is 1.53. The van der Waals surface area contributed by atoms with E-state index in [0.717, 1.165) is 18.7 Å². The smallest absolute Gasteiger partial charge is 0.125 e. The van der Waals surface area contributed by atoms with Gasteiger partial charge in [-0.3, -0.25) is 4.90 Å². The molecule has 2 rings (SSSR count). The van der Waals surface area contributed by atoms with Crippen molar-refractivity contribution in [2.45, 2.75) is 12.1 Å². The van der Waals surface area contributed by atoms with Crippen LogP contribution < -0.4 is 5.73 Å². The second-order valence-corrected chi connectivity index (χ2v) is 4.17. The molecule has 1 saturated heterocycles. The Labute approximate surface area is 94.0 Å². The molecule has 1 fully saturated rings. The molecule has 0 radical (unpaired) electrons. The Morgan fingerprint density at radius 2 is 2.13 bits per heavy atom. The molecule has 0 aromatic heterocycles. The molecule has 15 heavy (non-hydrogen) atoms. The van der Waals surface area contributed by atoms with Gasteiger partial charge in [-0.1, -0.05) is 29.8 Å². The normalized spacial score (nSPS) is 19.3. The van der Waals surface area contributed by atoms with E-state index in [2.05, 4.69) is 6.07 Å². The Morgan fingerprint density at radius 3 is 2.67 bits per heavy atom. The van der Waals surface area contributed by atoms with Crippen LogP contribution in [0.5, 0.6) is 0 Å². The Bertz CT molecular complexity index is 393. The van der Waals surface area contributed by atoms with Gasteiger partial charge in [0.2, 0.25) is 0 Å². The molecule has 2 N–H and O–H groups in total. The summed E-state index contributed by atoms with van der Waals surface area (Å²) in [7, 11) is 0. The van der Waals surface area contributed by atoms with Gasteiger partial charge in [-0.05, 0) is 6.07 Å². The van der Waals surface area contributed by atoms with E-state index in [-0.39, 0.29) is 12.1 Å². The minimum absolute atomic E-state index is 0.198. The van der Waals surface area contributed by atoms with Crippen LogP contribution in [0.15, 0.2) is 24.3 Å². The van der Waals surface area contributed by atoms with Crippen molar-refractivity contribution in [2.24, 2.45) is 5.73 Å². The molecule has 0 bridgehead atoms. The Hall–Kier alpha value is -1.08. The molecule has 0 amide bonds. The van der Waals surface area contributed by atoms with Gasteiger partial charge < -0.3 is 5.73 Å². The fraction of sp³-hybridized carbons (Fsp3) is 0.364. The minimum atomic E-state index is -0.265. The molecule has 0 aliphatic carbocycles. The third kappa shape index (κ3) is 1.98. The van der Waals surface area contributed by atoms with E-state index >= 15 is 0 Å². The van der Waals surface area contributed by atoms with Crippen molar-refractivity contribution in [1.29, 1.82) is 5.26 Å². The SMILES string of the molecule is N#C[C@H](c1ccccc1Cl)N1CC(N)C1. The highest BCUT2D eigenvalue weighted by molar-refractivity contribution is 6.31. The van der Waals surface area contributed by atoms with Gasteiger partial charge in [0.15, 0.2) is 0 Å². The average molecular weight is 222 g/mol. The average Bonchev–Trinajstić information content (AvgIpc) is 2.19. The number of benzene rings is 1. The highest BCUT2D eigenvalue weighted by atomic mass is 35.5. The van der Waals surface area contributed by atoms with Gasteiger partial charge in [0.25, 0.3) is 0 Å². The monoisotopic (exact) mass is 221 g/mol. The fourth-order valence-corrected chi connectivity index (χ4v) is 2.04. The lowest BCUT2D eigenvalue weighted by Crippen LogP contribution is -2.56. The first-order valence-corrected chi connectivity index (χ1v) is 5.24. The molecule has 1 heterocycles. The highest BCUT2D eigenvalue weighted by Gasteiger charge is 2.31. The van der Waals surface area contributed by atoms with Gasteiger partial charge >= 0.3 is 0 Å². The maximum absolute atomic E-state index is 9.13. The number of likely N-dealkylation sites (tertiary alicyclic amines) is 1. The third-order valence-corrected chi connectivity index (χ3v) is 2.97. The Morgan fingerprint density at radius 1 is 1.47 bits per heavy atom. The van der Waals surface area contributed by atoms with Gasteiger partial charge in [-0.25, -0.2) is 0 Å². The number of hydrogen-bond acceptors (Lipinski definition) is 3. The van der Waals surface area contributed by atoms with E-state index in [0.29, 0.717) is 5.02 Å². The van der Waals surface area contributed by atoms with Gasteiger partial charge in [-0.15, -0.1) is 0 Å². The van der Waals surface area contributed by atoms with Crippen molar-refractivity contribution in [1.82, 2.24) is 4.90 Å². The number of halogens is 1. The number of nitrogens with zero attached hydrogens (tertiary/aromatic N) is 2. The van der Waals surface area contributed by atoms with Crippen molar-refractivity contribution in [3.8, 4) is 6.07 Å². The zero-order chi connectivity index (χ0) is 10.8. The largest absolute Gasteiger partial charge is 0.325 e. The number of hydrogen-bond donors (Lipinski definition) is 1. The van der Waals surface area contributed by atoms with Crippen LogP contribution in [0.4, 0.5) is 0 Å². The summed E-state index contributed by atoms with van der Waals surface area (Å²) < 4.78 is 0. The first kappa shape index (κ1) is 10.4. The maximum Gasteiger partial charge on any atom is 0.125 e. The van der Waals surface area contributed by atoms with Crippen molar-refractivity contribution in [2.75, 3.05) is 13.1 Å². The lowest BCUT2D eigenvalue weighted by molar-refractivity contribution is 0.121. The predicted molar refractivity (Wildman–Crippen MR) is 59.4 cm³/mol. The molecule has 1 atom stereocenters. The van der Waals surface area contributed by atoms with Crippen LogP contribution in [0.2, 0.25) is 5.02 Å². The summed E-state index contributed by atoms with van der Waals surface area (Å²) in [5.74, 6) is 0. The number of nitriles is 1. The zero-order valence-electron chi connectivity index (χ0n) is 8.23. The topological polar surface area (TPSA) is 53.0 Å². The van der Waals surface area contributed by atoms with Gasteiger partial charge in [0.1, 0.15) is 6.04 Å². The first-order valence-electron chi connectivity index (χ1n) is 4.86. The van der Waals surface area contributed by atoms with E-state index in [1.165, 1.54) is 0 Å². The van der Waals surface area contributed by atoms with Crippen molar-refractivity contribution < 1.29 is 0 Å². The van der Waals surface area contributed by atoms with Crippen LogP contribution in [0, 0.1) is 11.3 Å². The summed E-state index contributed by atoms with van der Waals surface area (Å²) >= 11 is 6.05. The van der Waals surface area contributed by atoms with Crippen LogP contribution in [0.3, 0.4) is 0 Å². The highest BCUT2D eigenvalue weighted by Crippen LogP contribution is 2.29. The van der Waals surface area contributed by atoms with Crippen LogP contribution in [0.1, 0.15) is 11.6 Å². The standard InChI is InChI=1S/C11H12ClN3/c12-10-4-2-1-3-9(10)11(5-13)15-6-8(14)7-15/h1-4,8,11H,6-7,14H2/t11-/m1/s1. The Balaban J connectivity index is 2.21. The molecule has 3 nitrogen and oxygen atoms in total. The maximum atomic E-state index is 9.13. The lowest BCUT2D eigenvalue weighted by atomic mass is 10.0. The molecule has 1 aromatic carbocycles. The molecule has 1 aromatic rings. The summed E-state index contributed by atoms with van der Waals surface area (Å²) in [5.41, 5.74) is 6.56. The van der Waals surface area contributed by atoms with Gasteiger partial charge in [-0.2, -0.15) is 5.26 Å². The number of nitrogens with two attached hydrogens (primary N) is 1. The summed E-state index contributed by atoms with van der Waals surface area (Å²) in [5, 5.41) is 9.78. The van der Waals surface area contributed by atoms with Crippen molar-refractivity contribution >= 4 is 11.6 Å². The zero-order valence-corrected chi connectivity index (χ0v) is 8.98. The summed E-state index contributed by atoms with van der Waals surface area (Å²) in [6.07, 6.45) is 0. The molecular formula is C11H12ClN3. The van der Waals surface area contributed by atoms with Gasteiger partial charge in [0, 0.05) is 29.7 Å². The van der Waals surface area contributed by atoms with E-state index in [4.69, 9.17) is 22.6 Å². The van der Waals surface area contributed by atoms with Gasteiger partial charge in [0.05, 0.1) is 6.07 Å². The first-order chi connectivity index (χ1) is 7.22. The van der Waals surface area contributed by atoms with Crippen LogP contribution in [0.25, 0.3) is 0 Å². The molecule has 1 aliphatic heterocycles.